The Morgan fingerprint density at radius 3 is 2.93 bits per heavy atom. The Morgan fingerprint density at radius 2 is 2.27 bits per heavy atom. The van der Waals surface area contributed by atoms with Crippen LogP contribution in [-0.4, -0.2) is 19.5 Å². The molecule has 1 aromatic carbocycles. The molecule has 0 amide bonds. The summed E-state index contributed by atoms with van der Waals surface area (Å²) >= 11 is 3.12. The summed E-state index contributed by atoms with van der Waals surface area (Å²) in [6, 6.07) is 4.68. The molecule has 0 spiro atoms. The molecule has 0 aromatic heterocycles. The number of hydrogen-bond acceptors (Lipinski definition) is 2. The van der Waals surface area contributed by atoms with Gasteiger partial charge in [0.15, 0.2) is 0 Å². The molecule has 0 radical (unpaired) electrons. The third kappa shape index (κ3) is 3.72. The minimum atomic E-state index is -0.341. The lowest BCUT2D eigenvalue weighted by molar-refractivity contribution is -0.119. The standard InChI is InChI=1S/C11H12BrFO2/c1-15-6-5-9(14)7-8-3-2-4-10(13)11(8)12/h2-4H,5-7H2,1H3. The zero-order valence-electron chi connectivity index (χ0n) is 8.43. The van der Waals surface area contributed by atoms with Crippen LogP contribution < -0.4 is 0 Å². The second kappa shape index (κ2) is 5.98. The van der Waals surface area contributed by atoms with Gasteiger partial charge in [0.2, 0.25) is 0 Å². The van der Waals surface area contributed by atoms with E-state index in [-0.39, 0.29) is 18.0 Å². The van der Waals surface area contributed by atoms with E-state index in [4.69, 9.17) is 4.74 Å². The Morgan fingerprint density at radius 1 is 1.53 bits per heavy atom. The van der Waals surface area contributed by atoms with Crippen molar-refractivity contribution in [2.75, 3.05) is 13.7 Å². The van der Waals surface area contributed by atoms with Crippen molar-refractivity contribution in [3.8, 4) is 0 Å². The lowest BCUT2D eigenvalue weighted by Gasteiger charge is -2.04. The van der Waals surface area contributed by atoms with Gasteiger partial charge in [0.05, 0.1) is 11.1 Å². The minimum Gasteiger partial charge on any atom is -0.384 e. The summed E-state index contributed by atoms with van der Waals surface area (Å²) in [6.07, 6.45) is 0.598. The van der Waals surface area contributed by atoms with Crippen LogP contribution in [0.3, 0.4) is 0 Å². The van der Waals surface area contributed by atoms with Crippen molar-refractivity contribution in [3.05, 3.63) is 34.1 Å². The molecule has 4 heteroatoms. The van der Waals surface area contributed by atoms with Gasteiger partial charge in [-0.2, -0.15) is 0 Å². The maximum Gasteiger partial charge on any atom is 0.139 e. The fourth-order valence-electron chi connectivity index (χ4n) is 1.20. The van der Waals surface area contributed by atoms with E-state index >= 15 is 0 Å². The van der Waals surface area contributed by atoms with Crippen LogP contribution in [0.25, 0.3) is 0 Å². The number of carbonyl (C=O) groups is 1. The molecule has 0 heterocycles. The summed E-state index contributed by atoms with van der Waals surface area (Å²) in [4.78, 5) is 11.4. The number of ketones is 1. The number of benzene rings is 1. The molecule has 1 rings (SSSR count). The van der Waals surface area contributed by atoms with Gasteiger partial charge in [0.1, 0.15) is 11.6 Å². The number of hydrogen-bond donors (Lipinski definition) is 0. The molecule has 2 nitrogen and oxygen atoms in total. The van der Waals surface area contributed by atoms with Crippen LogP contribution in [0, 0.1) is 5.82 Å². The Labute approximate surface area is 96.6 Å². The number of methoxy groups -OCH3 is 1. The topological polar surface area (TPSA) is 26.3 Å². The normalized spacial score (nSPS) is 10.3. The Kier molecular flexibility index (Phi) is 4.91. The van der Waals surface area contributed by atoms with Gasteiger partial charge in [-0.15, -0.1) is 0 Å². The zero-order valence-corrected chi connectivity index (χ0v) is 10.0. The van der Waals surface area contributed by atoms with E-state index in [9.17, 15) is 9.18 Å². The maximum absolute atomic E-state index is 13.1. The highest BCUT2D eigenvalue weighted by atomic mass is 79.9. The number of halogens is 2. The molecule has 1 aromatic rings. The van der Waals surface area contributed by atoms with Crippen molar-refractivity contribution in [1.82, 2.24) is 0 Å². The Hall–Kier alpha value is -0.740. The zero-order chi connectivity index (χ0) is 11.3. The summed E-state index contributed by atoms with van der Waals surface area (Å²) in [7, 11) is 1.55. The summed E-state index contributed by atoms with van der Waals surface area (Å²) in [6.45, 7) is 0.409. The van der Waals surface area contributed by atoms with Crippen LogP contribution in [0.4, 0.5) is 4.39 Å². The summed E-state index contributed by atoms with van der Waals surface area (Å²) < 4.78 is 18.3. The highest BCUT2D eigenvalue weighted by Gasteiger charge is 2.09. The van der Waals surface area contributed by atoms with E-state index in [0.717, 1.165) is 0 Å². The van der Waals surface area contributed by atoms with Gasteiger partial charge in [-0.3, -0.25) is 4.79 Å². The summed E-state index contributed by atoms with van der Waals surface area (Å²) in [5, 5.41) is 0. The first-order valence-electron chi connectivity index (χ1n) is 4.58. The molecule has 0 unspecified atom stereocenters. The third-order valence-corrected chi connectivity index (χ3v) is 2.89. The van der Waals surface area contributed by atoms with Gasteiger partial charge in [-0.25, -0.2) is 4.39 Å². The average molecular weight is 275 g/mol. The summed E-state index contributed by atoms with van der Waals surface area (Å²) in [5.74, 6) is -0.296. The van der Waals surface area contributed by atoms with Crippen LogP contribution in [0.5, 0.6) is 0 Å². The number of carbonyl (C=O) groups excluding carboxylic acids is 1. The molecule has 0 aliphatic heterocycles. The fraction of sp³-hybridized carbons (Fsp3) is 0.364. The van der Waals surface area contributed by atoms with Crippen molar-refractivity contribution in [3.63, 3.8) is 0 Å². The fourth-order valence-corrected chi connectivity index (χ4v) is 1.61. The molecule has 0 N–H and O–H groups in total. The minimum absolute atomic E-state index is 0.0446. The average Bonchev–Trinajstić information content (AvgIpc) is 2.22. The predicted molar refractivity (Wildman–Crippen MR) is 59.3 cm³/mol. The van der Waals surface area contributed by atoms with Crippen LogP contribution in [0.2, 0.25) is 0 Å². The second-order valence-electron chi connectivity index (χ2n) is 3.17. The van der Waals surface area contributed by atoms with E-state index in [2.05, 4.69) is 15.9 Å². The highest BCUT2D eigenvalue weighted by molar-refractivity contribution is 9.10. The maximum atomic E-state index is 13.1. The SMILES string of the molecule is COCCC(=O)Cc1cccc(F)c1Br. The Bertz CT molecular complexity index is 352. The first kappa shape index (κ1) is 12.3. The first-order chi connectivity index (χ1) is 7.15. The Balaban J connectivity index is 2.64. The van der Waals surface area contributed by atoms with Crippen LogP contribution in [0.1, 0.15) is 12.0 Å². The van der Waals surface area contributed by atoms with Crippen LogP contribution in [0.15, 0.2) is 22.7 Å². The molecule has 0 aliphatic rings. The van der Waals surface area contributed by atoms with Crippen molar-refractivity contribution in [2.24, 2.45) is 0 Å². The number of rotatable bonds is 5. The smallest absolute Gasteiger partial charge is 0.139 e. The van der Waals surface area contributed by atoms with Crippen molar-refractivity contribution in [2.45, 2.75) is 12.8 Å². The van der Waals surface area contributed by atoms with Crippen molar-refractivity contribution < 1.29 is 13.9 Å². The van der Waals surface area contributed by atoms with Crippen LogP contribution >= 0.6 is 15.9 Å². The van der Waals surface area contributed by atoms with E-state index in [1.54, 1.807) is 19.2 Å². The van der Waals surface area contributed by atoms with E-state index in [0.29, 0.717) is 23.1 Å². The molecule has 0 saturated heterocycles. The molecule has 15 heavy (non-hydrogen) atoms. The molecule has 0 fully saturated rings. The van der Waals surface area contributed by atoms with Crippen molar-refractivity contribution >= 4 is 21.7 Å². The van der Waals surface area contributed by atoms with E-state index in [1.807, 2.05) is 0 Å². The van der Waals surface area contributed by atoms with E-state index in [1.165, 1.54) is 6.07 Å². The number of ether oxygens (including phenoxy) is 1. The molecule has 0 aliphatic carbocycles. The second-order valence-corrected chi connectivity index (χ2v) is 3.96. The predicted octanol–water partition coefficient (Wildman–Crippen LogP) is 2.74. The van der Waals surface area contributed by atoms with Gasteiger partial charge in [0.25, 0.3) is 0 Å². The van der Waals surface area contributed by atoms with Crippen molar-refractivity contribution in [1.29, 1.82) is 0 Å². The molecule has 0 saturated carbocycles. The largest absolute Gasteiger partial charge is 0.384 e. The number of Topliss-reactive ketones (excluding diaryl/α,β-unsaturated/α-hetero) is 1. The molecule has 82 valence electrons. The quantitative estimate of drug-likeness (QED) is 0.826. The third-order valence-electron chi connectivity index (χ3n) is 2.00. The van der Waals surface area contributed by atoms with Gasteiger partial charge >= 0.3 is 0 Å². The summed E-state index contributed by atoms with van der Waals surface area (Å²) in [5.41, 5.74) is 0.677. The molecular formula is C11H12BrFO2. The van der Waals surface area contributed by atoms with Gasteiger partial charge in [-0.05, 0) is 27.6 Å². The first-order valence-corrected chi connectivity index (χ1v) is 5.38. The lowest BCUT2D eigenvalue weighted by Crippen LogP contribution is -2.06. The van der Waals surface area contributed by atoms with Crippen LogP contribution in [-0.2, 0) is 16.0 Å². The highest BCUT2D eigenvalue weighted by Crippen LogP contribution is 2.21. The monoisotopic (exact) mass is 274 g/mol. The lowest BCUT2D eigenvalue weighted by atomic mass is 10.1. The van der Waals surface area contributed by atoms with Gasteiger partial charge < -0.3 is 4.74 Å². The van der Waals surface area contributed by atoms with Gasteiger partial charge in [0, 0.05) is 20.0 Å². The molecule has 0 bridgehead atoms. The van der Waals surface area contributed by atoms with Gasteiger partial charge in [-0.1, -0.05) is 12.1 Å². The molecular weight excluding hydrogens is 263 g/mol. The van der Waals surface area contributed by atoms with E-state index < -0.39 is 0 Å². The molecule has 0 atom stereocenters.